The SMILES string of the molecule is C/C=C/C(CCC1OCCCO1)OP(=O)(OCC)OCC. The second-order valence-electron chi connectivity index (χ2n) is 4.55. The molecule has 0 spiro atoms. The summed E-state index contributed by atoms with van der Waals surface area (Å²) >= 11 is 0. The smallest absolute Gasteiger partial charge is 0.353 e. The summed E-state index contributed by atoms with van der Waals surface area (Å²) < 4.78 is 39.3. The average molecular weight is 322 g/mol. The fraction of sp³-hybridized carbons (Fsp3) is 0.857. The van der Waals surface area contributed by atoms with Crippen LogP contribution < -0.4 is 0 Å². The van der Waals surface area contributed by atoms with E-state index in [2.05, 4.69) is 0 Å². The molecule has 0 aromatic heterocycles. The largest absolute Gasteiger partial charge is 0.475 e. The molecular formula is C14H27O6P. The standard InChI is InChI=1S/C14H27O6P/c1-4-8-13(9-10-14-16-11-7-12-17-14)20-21(15,18-5-2)19-6-3/h4,8,13-14H,5-7,9-12H2,1-3H3/b8-4+. The van der Waals surface area contributed by atoms with E-state index in [0.717, 1.165) is 19.6 Å². The summed E-state index contributed by atoms with van der Waals surface area (Å²) in [7, 11) is -3.51. The van der Waals surface area contributed by atoms with Crippen LogP contribution in [-0.4, -0.2) is 38.8 Å². The number of allylic oxidation sites excluding steroid dienone is 1. The second-order valence-corrected chi connectivity index (χ2v) is 6.18. The van der Waals surface area contributed by atoms with Gasteiger partial charge in [0.2, 0.25) is 0 Å². The van der Waals surface area contributed by atoms with Crippen LogP contribution in [0.15, 0.2) is 12.2 Å². The Morgan fingerprint density at radius 2 is 1.86 bits per heavy atom. The summed E-state index contributed by atoms with van der Waals surface area (Å²) in [4.78, 5) is 0. The van der Waals surface area contributed by atoms with Crippen LogP contribution in [0.4, 0.5) is 0 Å². The number of ether oxygens (including phenoxy) is 2. The summed E-state index contributed by atoms with van der Waals surface area (Å²) in [6.07, 6.45) is 5.35. The van der Waals surface area contributed by atoms with E-state index in [1.54, 1.807) is 13.8 Å². The molecule has 1 fully saturated rings. The zero-order chi connectivity index (χ0) is 15.6. The first-order chi connectivity index (χ1) is 10.1. The van der Waals surface area contributed by atoms with E-state index in [1.165, 1.54) is 0 Å². The number of phosphoric ester groups is 1. The summed E-state index contributed by atoms with van der Waals surface area (Å²) in [5.74, 6) is 0. The third-order valence-electron chi connectivity index (χ3n) is 2.83. The Bertz CT molecular complexity index is 330. The van der Waals surface area contributed by atoms with Gasteiger partial charge in [0.1, 0.15) is 0 Å². The molecule has 1 aliphatic rings. The summed E-state index contributed by atoms with van der Waals surface area (Å²) in [6.45, 7) is 7.37. The van der Waals surface area contributed by atoms with Gasteiger partial charge in [-0.3, -0.25) is 13.6 Å². The Balaban J connectivity index is 2.52. The minimum absolute atomic E-state index is 0.214. The molecule has 1 heterocycles. The molecular weight excluding hydrogens is 295 g/mol. The predicted octanol–water partition coefficient (Wildman–Crippen LogP) is 3.67. The van der Waals surface area contributed by atoms with Crippen LogP contribution in [-0.2, 0) is 27.6 Å². The third kappa shape index (κ3) is 7.54. The molecule has 124 valence electrons. The fourth-order valence-electron chi connectivity index (χ4n) is 1.98. The van der Waals surface area contributed by atoms with Crippen LogP contribution in [0.1, 0.15) is 40.0 Å². The summed E-state index contributed by atoms with van der Waals surface area (Å²) in [5, 5.41) is 0. The van der Waals surface area contributed by atoms with Gasteiger partial charge in [-0.15, -0.1) is 0 Å². The molecule has 0 radical (unpaired) electrons. The normalized spacial score (nSPS) is 19.2. The van der Waals surface area contributed by atoms with Crippen molar-refractivity contribution in [2.75, 3.05) is 26.4 Å². The molecule has 7 heteroatoms. The zero-order valence-corrected chi connectivity index (χ0v) is 14.1. The average Bonchev–Trinajstić information content (AvgIpc) is 2.46. The first-order valence-electron chi connectivity index (χ1n) is 7.57. The Morgan fingerprint density at radius 1 is 1.24 bits per heavy atom. The molecule has 1 rings (SSSR count). The van der Waals surface area contributed by atoms with E-state index in [9.17, 15) is 4.57 Å². The highest BCUT2D eigenvalue weighted by atomic mass is 31.2. The Labute approximate surface area is 127 Å². The van der Waals surface area contributed by atoms with Crippen molar-refractivity contribution in [2.24, 2.45) is 0 Å². The van der Waals surface area contributed by atoms with Gasteiger partial charge in [-0.1, -0.05) is 12.2 Å². The van der Waals surface area contributed by atoms with E-state index in [-0.39, 0.29) is 25.6 Å². The van der Waals surface area contributed by atoms with Crippen molar-refractivity contribution in [3.8, 4) is 0 Å². The van der Waals surface area contributed by atoms with Crippen molar-refractivity contribution in [2.45, 2.75) is 52.4 Å². The highest BCUT2D eigenvalue weighted by molar-refractivity contribution is 7.48. The van der Waals surface area contributed by atoms with Crippen molar-refractivity contribution >= 4 is 7.82 Å². The van der Waals surface area contributed by atoms with Gasteiger partial charge in [0.15, 0.2) is 6.29 Å². The molecule has 0 bridgehead atoms. The highest BCUT2D eigenvalue weighted by Gasteiger charge is 2.29. The molecule has 0 saturated carbocycles. The maximum Gasteiger partial charge on any atom is 0.475 e. The Hall–Kier alpha value is -0.230. The molecule has 1 aliphatic heterocycles. The minimum atomic E-state index is -3.51. The van der Waals surface area contributed by atoms with E-state index >= 15 is 0 Å². The fourth-order valence-corrected chi connectivity index (χ4v) is 3.32. The van der Waals surface area contributed by atoms with E-state index in [0.29, 0.717) is 12.8 Å². The molecule has 0 aromatic rings. The first kappa shape index (κ1) is 18.8. The molecule has 6 nitrogen and oxygen atoms in total. The lowest BCUT2D eigenvalue weighted by Crippen LogP contribution is -2.26. The molecule has 21 heavy (non-hydrogen) atoms. The summed E-state index contributed by atoms with van der Waals surface area (Å²) in [5.41, 5.74) is 0. The van der Waals surface area contributed by atoms with Crippen LogP contribution in [0.3, 0.4) is 0 Å². The zero-order valence-electron chi connectivity index (χ0n) is 13.2. The Kier molecular flexibility index (Phi) is 9.40. The van der Waals surface area contributed by atoms with Gasteiger partial charge in [-0.2, -0.15) is 0 Å². The van der Waals surface area contributed by atoms with E-state index < -0.39 is 7.82 Å². The Morgan fingerprint density at radius 3 is 2.38 bits per heavy atom. The topological polar surface area (TPSA) is 63.2 Å². The maximum atomic E-state index is 12.4. The van der Waals surface area contributed by atoms with Gasteiger partial charge in [-0.05, 0) is 33.6 Å². The van der Waals surface area contributed by atoms with Crippen LogP contribution in [0.2, 0.25) is 0 Å². The van der Waals surface area contributed by atoms with E-state index in [1.807, 2.05) is 19.1 Å². The summed E-state index contributed by atoms with van der Waals surface area (Å²) in [6, 6.07) is 0. The van der Waals surface area contributed by atoms with E-state index in [4.69, 9.17) is 23.0 Å². The van der Waals surface area contributed by atoms with Gasteiger partial charge in [0.05, 0.1) is 32.5 Å². The minimum Gasteiger partial charge on any atom is -0.353 e. The second kappa shape index (κ2) is 10.5. The van der Waals surface area contributed by atoms with Crippen LogP contribution in [0.25, 0.3) is 0 Å². The van der Waals surface area contributed by atoms with Gasteiger partial charge >= 0.3 is 7.82 Å². The highest BCUT2D eigenvalue weighted by Crippen LogP contribution is 2.51. The molecule has 1 unspecified atom stereocenters. The lowest BCUT2D eigenvalue weighted by molar-refractivity contribution is -0.183. The molecule has 1 saturated heterocycles. The van der Waals surface area contributed by atoms with Gasteiger partial charge in [-0.25, -0.2) is 4.57 Å². The molecule has 1 atom stereocenters. The quantitative estimate of drug-likeness (QED) is 0.452. The maximum absolute atomic E-state index is 12.4. The molecule has 0 amide bonds. The first-order valence-corrected chi connectivity index (χ1v) is 9.03. The predicted molar refractivity (Wildman–Crippen MR) is 80.1 cm³/mol. The van der Waals surface area contributed by atoms with Crippen molar-refractivity contribution in [1.82, 2.24) is 0 Å². The number of hydrogen-bond donors (Lipinski definition) is 0. The molecule has 0 aromatic carbocycles. The van der Waals surface area contributed by atoms with Crippen molar-refractivity contribution < 1.29 is 27.6 Å². The monoisotopic (exact) mass is 322 g/mol. The number of rotatable bonds is 10. The third-order valence-corrected chi connectivity index (χ3v) is 4.51. The number of phosphoric acid groups is 1. The van der Waals surface area contributed by atoms with Crippen LogP contribution in [0, 0.1) is 0 Å². The van der Waals surface area contributed by atoms with Crippen molar-refractivity contribution in [3.05, 3.63) is 12.2 Å². The van der Waals surface area contributed by atoms with Crippen LogP contribution in [0.5, 0.6) is 0 Å². The van der Waals surface area contributed by atoms with Gasteiger partial charge < -0.3 is 9.47 Å². The van der Waals surface area contributed by atoms with Gasteiger partial charge in [0, 0.05) is 6.42 Å². The molecule has 0 N–H and O–H groups in total. The van der Waals surface area contributed by atoms with Gasteiger partial charge in [0.25, 0.3) is 0 Å². The van der Waals surface area contributed by atoms with Crippen molar-refractivity contribution in [3.63, 3.8) is 0 Å². The van der Waals surface area contributed by atoms with Crippen molar-refractivity contribution in [1.29, 1.82) is 0 Å². The lowest BCUT2D eigenvalue weighted by Gasteiger charge is -2.25. The molecule has 0 aliphatic carbocycles. The van der Waals surface area contributed by atoms with Crippen LogP contribution >= 0.6 is 7.82 Å². The lowest BCUT2D eigenvalue weighted by atomic mass is 10.2. The number of hydrogen-bond acceptors (Lipinski definition) is 6.